The fraction of sp³-hybridized carbons (Fsp3) is 0.0435. The Hall–Kier alpha value is -3.53. The predicted octanol–water partition coefficient (Wildman–Crippen LogP) is 4.73. The fourth-order valence-electron chi connectivity index (χ4n) is 3.25. The number of rotatable bonds is 4. The topological polar surface area (TPSA) is 33.2 Å². The summed E-state index contributed by atoms with van der Waals surface area (Å²) in [5, 5.41) is 0. The van der Waals surface area contributed by atoms with Crippen LogP contribution in [-0.4, -0.2) is 17.3 Å². The Morgan fingerprint density at radius 3 is 2.37 bits per heavy atom. The van der Waals surface area contributed by atoms with E-state index in [1.54, 1.807) is 24.4 Å². The minimum Gasteiger partial charge on any atom is -0.333 e. The highest BCUT2D eigenvalue weighted by molar-refractivity contribution is 5.98. The molecule has 1 aromatic heterocycles. The molecule has 0 N–H and O–H groups in total. The van der Waals surface area contributed by atoms with Gasteiger partial charge in [-0.1, -0.05) is 42.5 Å². The van der Waals surface area contributed by atoms with Crippen LogP contribution in [0.3, 0.4) is 0 Å². The second-order valence-electron chi connectivity index (χ2n) is 6.20. The van der Waals surface area contributed by atoms with Crippen LogP contribution in [0.15, 0.2) is 91.3 Å². The van der Waals surface area contributed by atoms with Crippen LogP contribution in [0.1, 0.15) is 11.3 Å². The first-order valence-electron chi connectivity index (χ1n) is 8.66. The smallest absolute Gasteiger partial charge is 0.147 e. The molecule has 0 amide bonds. The van der Waals surface area contributed by atoms with Crippen LogP contribution < -0.4 is 4.90 Å². The Balaban J connectivity index is 1.91. The Bertz CT molecular complexity index is 1010. The maximum absolute atomic E-state index is 14.5. The van der Waals surface area contributed by atoms with E-state index in [2.05, 4.69) is 4.98 Å². The summed E-state index contributed by atoms with van der Waals surface area (Å²) in [4.78, 5) is 18.3. The minimum absolute atomic E-state index is 0.356. The third-order valence-electron chi connectivity index (χ3n) is 4.54. The number of carbonyl (C=O) groups excluding carboxylic acids is 1. The van der Waals surface area contributed by atoms with Crippen LogP contribution in [0.2, 0.25) is 0 Å². The molecule has 2 aromatic carbocycles. The van der Waals surface area contributed by atoms with E-state index in [4.69, 9.17) is 0 Å². The molecule has 0 fully saturated rings. The van der Waals surface area contributed by atoms with E-state index in [0.29, 0.717) is 11.1 Å². The molecule has 1 unspecified atom stereocenters. The Morgan fingerprint density at radius 2 is 1.67 bits per heavy atom. The van der Waals surface area contributed by atoms with Crippen LogP contribution in [0.5, 0.6) is 0 Å². The number of para-hydroxylation sites is 1. The Morgan fingerprint density at radius 1 is 0.926 bits per heavy atom. The number of benzene rings is 2. The fourth-order valence-corrected chi connectivity index (χ4v) is 3.25. The van der Waals surface area contributed by atoms with Gasteiger partial charge in [0.1, 0.15) is 18.1 Å². The third kappa shape index (κ3) is 3.29. The summed E-state index contributed by atoms with van der Waals surface area (Å²) in [6, 6.07) is 21.1. The van der Waals surface area contributed by atoms with E-state index >= 15 is 0 Å². The summed E-state index contributed by atoms with van der Waals surface area (Å²) in [5.41, 5.74) is 3.45. The molecule has 0 spiro atoms. The van der Waals surface area contributed by atoms with Gasteiger partial charge in [0.2, 0.25) is 0 Å². The van der Waals surface area contributed by atoms with Crippen LogP contribution in [0, 0.1) is 5.82 Å². The molecule has 1 aliphatic heterocycles. The molecule has 0 aliphatic carbocycles. The van der Waals surface area contributed by atoms with E-state index in [-0.39, 0.29) is 5.82 Å². The van der Waals surface area contributed by atoms with Gasteiger partial charge in [0.15, 0.2) is 0 Å². The van der Waals surface area contributed by atoms with E-state index in [1.165, 1.54) is 6.07 Å². The molecule has 3 nitrogen and oxygen atoms in total. The number of carbonyl (C=O) groups is 1. The van der Waals surface area contributed by atoms with Gasteiger partial charge in [-0.3, -0.25) is 4.98 Å². The number of allylic oxidation sites excluding steroid dienone is 2. The largest absolute Gasteiger partial charge is 0.333 e. The zero-order valence-electron chi connectivity index (χ0n) is 14.5. The molecule has 1 aliphatic rings. The molecule has 4 rings (SSSR count). The highest BCUT2D eigenvalue weighted by Gasteiger charge is 2.28. The molecule has 1 atom stereocenters. The average Bonchev–Trinajstić information content (AvgIpc) is 2.74. The van der Waals surface area contributed by atoms with Crippen molar-refractivity contribution in [1.29, 1.82) is 0 Å². The van der Waals surface area contributed by atoms with Crippen molar-refractivity contribution in [2.45, 2.75) is 6.04 Å². The second kappa shape index (κ2) is 7.38. The molecule has 0 radical (unpaired) electrons. The van der Waals surface area contributed by atoms with Crippen molar-refractivity contribution in [2.24, 2.45) is 0 Å². The van der Waals surface area contributed by atoms with Crippen LogP contribution in [0.25, 0.3) is 11.1 Å². The zero-order chi connectivity index (χ0) is 18.6. The molecular formula is C23H17FN2O. The van der Waals surface area contributed by atoms with E-state index in [9.17, 15) is 9.18 Å². The summed E-state index contributed by atoms with van der Waals surface area (Å²) < 4.78 is 14.5. The van der Waals surface area contributed by atoms with Gasteiger partial charge < -0.3 is 9.69 Å². The maximum Gasteiger partial charge on any atom is 0.147 e. The first kappa shape index (κ1) is 16.9. The van der Waals surface area contributed by atoms with E-state index < -0.39 is 6.04 Å². The lowest BCUT2D eigenvalue weighted by Gasteiger charge is -2.33. The lowest BCUT2D eigenvalue weighted by molar-refractivity contribution is -0.107. The van der Waals surface area contributed by atoms with Crippen molar-refractivity contribution in [3.05, 3.63) is 108 Å². The van der Waals surface area contributed by atoms with Crippen LogP contribution >= 0.6 is 0 Å². The minimum atomic E-state index is -0.628. The van der Waals surface area contributed by atoms with Crippen molar-refractivity contribution in [3.63, 3.8) is 0 Å². The number of aromatic nitrogens is 1. The normalized spacial score (nSPS) is 16.5. The van der Waals surface area contributed by atoms with Gasteiger partial charge in [-0.15, -0.1) is 0 Å². The molecule has 0 saturated heterocycles. The molecule has 4 heteroatoms. The third-order valence-corrected chi connectivity index (χ3v) is 4.54. The molecule has 2 heterocycles. The number of aldehydes is 1. The molecule has 132 valence electrons. The highest BCUT2D eigenvalue weighted by Crippen LogP contribution is 2.35. The molecule has 0 bridgehead atoms. The van der Waals surface area contributed by atoms with Gasteiger partial charge in [0.05, 0.1) is 5.69 Å². The second-order valence-corrected chi connectivity index (χ2v) is 6.20. The van der Waals surface area contributed by atoms with E-state index in [1.807, 2.05) is 65.7 Å². The molecule has 3 aromatic rings. The number of nitrogens with zero attached hydrogens (tertiary/aromatic N) is 2. The van der Waals surface area contributed by atoms with Gasteiger partial charge in [-0.05, 0) is 42.0 Å². The summed E-state index contributed by atoms with van der Waals surface area (Å²) >= 11 is 0. The maximum atomic E-state index is 14.5. The van der Waals surface area contributed by atoms with Crippen molar-refractivity contribution in [2.75, 3.05) is 4.90 Å². The number of pyridine rings is 1. The number of anilines is 1. The summed E-state index contributed by atoms with van der Waals surface area (Å²) in [6.07, 6.45) is 6.29. The van der Waals surface area contributed by atoms with Gasteiger partial charge in [0, 0.05) is 29.2 Å². The van der Waals surface area contributed by atoms with Crippen molar-refractivity contribution < 1.29 is 9.18 Å². The van der Waals surface area contributed by atoms with Crippen molar-refractivity contribution in [1.82, 2.24) is 4.98 Å². The number of hydrogen-bond donors (Lipinski definition) is 0. The first-order valence-corrected chi connectivity index (χ1v) is 8.66. The molecular weight excluding hydrogens is 339 g/mol. The van der Waals surface area contributed by atoms with Crippen LogP contribution in [0.4, 0.5) is 10.1 Å². The highest BCUT2D eigenvalue weighted by atomic mass is 19.1. The van der Waals surface area contributed by atoms with Crippen molar-refractivity contribution in [3.8, 4) is 0 Å². The van der Waals surface area contributed by atoms with Gasteiger partial charge in [-0.2, -0.15) is 0 Å². The average molecular weight is 356 g/mol. The van der Waals surface area contributed by atoms with Crippen molar-refractivity contribution >= 4 is 23.1 Å². The van der Waals surface area contributed by atoms with E-state index in [0.717, 1.165) is 23.2 Å². The first-order chi connectivity index (χ1) is 13.3. The quantitative estimate of drug-likeness (QED) is 0.634. The molecule has 27 heavy (non-hydrogen) atoms. The summed E-state index contributed by atoms with van der Waals surface area (Å²) in [6.45, 7) is 0. The predicted molar refractivity (Wildman–Crippen MR) is 105 cm³/mol. The Labute approximate surface area is 157 Å². The molecule has 0 saturated carbocycles. The number of halogens is 1. The summed E-state index contributed by atoms with van der Waals surface area (Å²) in [5.74, 6) is -0.356. The van der Waals surface area contributed by atoms with Gasteiger partial charge >= 0.3 is 0 Å². The SMILES string of the molecule is O=CC1C(c2ccccc2F)=CC(c2ccccn2)=CN1c1ccccc1. The lowest BCUT2D eigenvalue weighted by Crippen LogP contribution is -2.35. The lowest BCUT2D eigenvalue weighted by atomic mass is 9.91. The standard InChI is InChI=1S/C23H17FN2O/c24-21-11-5-4-10-19(21)20-14-17(22-12-6-7-13-25-22)15-26(23(20)16-27)18-8-2-1-3-9-18/h1-16,23H. The number of hydrogen-bond acceptors (Lipinski definition) is 3. The zero-order valence-corrected chi connectivity index (χ0v) is 14.5. The monoisotopic (exact) mass is 356 g/mol. The van der Waals surface area contributed by atoms with Crippen LogP contribution in [-0.2, 0) is 4.79 Å². The Kier molecular flexibility index (Phi) is 4.62. The summed E-state index contributed by atoms with van der Waals surface area (Å²) in [7, 11) is 0. The van der Waals surface area contributed by atoms with Gasteiger partial charge in [0.25, 0.3) is 0 Å². The van der Waals surface area contributed by atoms with Gasteiger partial charge in [-0.25, -0.2) is 4.39 Å².